The third-order valence-corrected chi connectivity index (χ3v) is 6.17. The van der Waals surface area contributed by atoms with Crippen molar-refractivity contribution in [3.8, 4) is 5.75 Å². The molecule has 0 radical (unpaired) electrons. The molecular formula is C18H20FNO5S. The van der Waals surface area contributed by atoms with Crippen molar-refractivity contribution in [3.05, 3.63) is 53.7 Å². The fraction of sp³-hybridized carbons (Fsp3) is 0.389. The number of nitrogens with zero attached hydrogens (tertiary/aromatic N) is 1. The topological polar surface area (TPSA) is 76.8 Å². The van der Waals surface area contributed by atoms with E-state index in [0.717, 1.165) is 0 Å². The summed E-state index contributed by atoms with van der Waals surface area (Å²) in [7, 11) is -1.32. The fourth-order valence-electron chi connectivity index (χ4n) is 2.86. The Hall–Kier alpha value is -2.35. The van der Waals surface area contributed by atoms with Crippen LogP contribution in [0.15, 0.2) is 40.8 Å². The fourth-order valence-corrected chi connectivity index (χ4v) is 4.33. The molecule has 1 fully saturated rings. The predicted molar refractivity (Wildman–Crippen MR) is 93.2 cm³/mol. The number of carbonyl (C=O) groups is 1. The van der Waals surface area contributed by atoms with Gasteiger partial charge < -0.3 is 14.1 Å². The number of carbonyl (C=O) groups excluding carboxylic acids is 1. The summed E-state index contributed by atoms with van der Waals surface area (Å²) in [6, 6.07) is 8.72. The first kappa shape index (κ1) is 18.4. The van der Waals surface area contributed by atoms with E-state index in [1.54, 1.807) is 19.2 Å². The van der Waals surface area contributed by atoms with E-state index in [0.29, 0.717) is 24.4 Å². The van der Waals surface area contributed by atoms with Gasteiger partial charge in [0.15, 0.2) is 5.76 Å². The third-order valence-electron chi connectivity index (χ3n) is 4.46. The lowest BCUT2D eigenvalue weighted by atomic mass is 10.1. The van der Waals surface area contributed by atoms with E-state index < -0.39 is 9.84 Å². The van der Waals surface area contributed by atoms with Crippen LogP contribution < -0.4 is 4.74 Å². The van der Waals surface area contributed by atoms with Gasteiger partial charge in [-0.1, -0.05) is 0 Å². The molecule has 26 heavy (non-hydrogen) atoms. The molecule has 0 spiro atoms. The highest BCUT2D eigenvalue weighted by atomic mass is 32.2. The number of amides is 1. The van der Waals surface area contributed by atoms with Crippen LogP contribution in [0.1, 0.15) is 29.2 Å². The smallest absolute Gasteiger partial charge is 0.289 e. The molecular weight excluding hydrogens is 361 g/mol. The Morgan fingerprint density at radius 3 is 2.50 bits per heavy atom. The van der Waals surface area contributed by atoms with Gasteiger partial charge in [-0.2, -0.15) is 0 Å². The molecule has 8 heteroatoms. The van der Waals surface area contributed by atoms with E-state index in [4.69, 9.17) is 9.15 Å². The number of halogens is 1. The van der Waals surface area contributed by atoms with Crippen LogP contribution in [0.5, 0.6) is 5.75 Å². The van der Waals surface area contributed by atoms with Gasteiger partial charge in [0.1, 0.15) is 33.8 Å². The summed E-state index contributed by atoms with van der Waals surface area (Å²) in [5.74, 6) is 0.713. The van der Waals surface area contributed by atoms with Crippen LogP contribution in [-0.4, -0.2) is 43.8 Å². The van der Waals surface area contributed by atoms with Gasteiger partial charge in [0.05, 0.1) is 11.5 Å². The van der Waals surface area contributed by atoms with Crippen LogP contribution in [0.4, 0.5) is 4.39 Å². The Labute approximate surface area is 151 Å². The Morgan fingerprint density at radius 2 is 1.85 bits per heavy atom. The quantitative estimate of drug-likeness (QED) is 0.796. The predicted octanol–water partition coefficient (Wildman–Crippen LogP) is 2.65. The second-order valence-electron chi connectivity index (χ2n) is 6.31. The zero-order chi connectivity index (χ0) is 18.7. The van der Waals surface area contributed by atoms with Crippen LogP contribution in [0, 0.1) is 5.82 Å². The van der Waals surface area contributed by atoms with Crippen molar-refractivity contribution in [1.29, 1.82) is 0 Å². The molecule has 1 aromatic carbocycles. The number of ether oxygens (including phenoxy) is 1. The second-order valence-corrected chi connectivity index (χ2v) is 8.61. The highest BCUT2D eigenvalue weighted by Crippen LogP contribution is 2.20. The molecule has 0 N–H and O–H groups in total. The summed E-state index contributed by atoms with van der Waals surface area (Å²) in [6.07, 6.45) is 0.873. The molecule has 0 atom stereocenters. The number of sulfone groups is 1. The van der Waals surface area contributed by atoms with Crippen molar-refractivity contribution >= 4 is 15.7 Å². The molecule has 3 rings (SSSR count). The van der Waals surface area contributed by atoms with Crippen molar-refractivity contribution in [1.82, 2.24) is 4.90 Å². The molecule has 140 valence electrons. The van der Waals surface area contributed by atoms with Gasteiger partial charge in [0.25, 0.3) is 5.91 Å². The van der Waals surface area contributed by atoms with E-state index >= 15 is 0 Å². The molecule has 2 aromatic rings. The zero-order valence-corrected chi connectivity index (χ0v) is 15.2. The first-order chi connectivity index (χ1) is 12.3. The number of benzene rings is 1. The maximum absolute atomic E-state index is 12.9. The van der Waals surface area contributed by atoms with Crippen molar-refractivity contribution < 1.29 is 26.8 Å². The Balaban J connectivity index is 1.58. The molecule has 1 saturated heterocycles. The standard InChI is InChI=1S/C18H20FNO5S/c1-20(14-8-10-26(22,23)11-9-14)18(21)17-7-6-16(25-17)12-24-15-4-2-13(19)3-5-15/h2-7,14H,8-12H2,1H3. The SMILES string of the molecule is CN(C(=O)c1ccc(COc2ccc(F)cc2)o1)C1CCS(=O)(=O)CC1. The minimum atomic E-state index is -2.97. The van der Waals surface area contributed by atoms with Gasteiger partial charge in [-0.15, -0.1) is 0 Å². The summed E-state index contributed by atoms with van der Waals surface area (Å²) in [6.45, 7) is 0.115. The summed E-state index contributed by atoms with van der Waals surface area (Å²) < 4.78 is 46.9. The molecule has 6 nitrogen and oxygen atoms in total. The molecule has 2 heterocycles. The molecule has 1 aliphatic rings. The summed E-state index contributed by atoms with van der Waals surface area (Å²) in [5.41, 5.74) is 0. The average Bonchev–Trinajstić information content (AvgIpc) is 3.09. The van der Waals surface area contributed by atoms with E-state index in [9.17, 15) is 17.6 Å². The van der Waals surface area contributed by atoms with Crippen molar-refractivity contribution in [2.75, 3.05) is 18.6 Å². The second kappa shape index (κ2) is 7.49. The van der Waals surface area contributed by atoms with Crippen LogP contribution >= 0.6 is 0 Å². The monoisotopic (exact) mass is 381 g/mol. The van der Waals surface area contributed by atoms with E-state index in [1.807, 2.05) is 0 Å². The van der Waals surface area contributed by atoms with E-state index in [1.165, 1.54) is 29.2 Å². The maximum atomic E-state index is 12.9. The van der Waals surface area contributed by atoms with Crippen LogP contribution in [-0.2, 0) is 16.4 Å². The molecule has 0 saturated carbocycles. The number of furan rings is 1. The first-order valence-electron chi connectivity index (χ1n) is 8.29. The summed E-state index contributed by atoms with van der Waals surface area (Å²) in [5, 5.41) is 0. The minimum absolute atomic E-state index is 0.101. The van der Waals surface area contributed by atoms with Crippen molar-refractivity contribution in [2.24, 2.45) is 0 Å². The third kappa shape index (κ3) is 4.43. The van der Waals surface area contributed by atoms with Crippen LogP contribution in [0.25, 0.3) is 0 Å². The van der Waals surface area contributed by atoms with Gasteiger partial charge in [0.2, 0.25) is 0 Å². The molecule has 0 unspecified atom stereocenters. The molecule has 1 aliphatic heterocycles. The Morgan fingerprint density at radius 1 is 1.19 bits per heavy atom. The van der Waals surface area contributed by atoms with Crippen molar-refractivity contribution in [2.45, 2.75) is 25.5 Å². The average molecular weight is 381 g/mol. The highest BCUT2D eigenvalue weighted by Gasteiger charge is 2.30. The largest absolute Gasteiger partial charge is 0.486 e. The highest BCUT2D eigenvalue weighted by molar-refractivity contribution is 7.91. The first-order valence-corrected chi connectivity index (χ1v) is 10.1. The minimum Gasteiger partial charge on any atom is -0.486 e. The molecule has 1 aromatic heterocycles. The Bertz CT molecular complexity index is 861. The summed E-state index contributed by atoms with van der Waals surface area (Å²) in [4.78, 5) is 14.1. The van der Waals surface area contributed by atoms with E-state index in [-0.39, 0.29) is 41.6 Å². The van der Waals surface area contributed by atoms with E-state index in [2.05, 4.69) is 0 Å². The molecule has 0 aliphatic carbocycles. The number of rotatable bonds is 5. The lowest BCUT2D eigenvalue weighted by molar-refractivity contribution is 0.0685. The molecule has 1 amide bonds. The van der Waals surface area contributed by atoms with Crippen LogP contribution in [0.2, 0.25) is 0 Å². The lowest BCUT2D eigenvalue weighted by Gasteiger charge is -2.30. The van der Waals surface area contributed by atoms with Gasteiger partial charge >= 0.3 is 0 Å². The van der Waals surface area contributed by atoms with Crippen LogP contribution in [0.3, 0.4) is 0 Å². The van der Waals surface area contributed by atoms with Crippen molar-refractivity contribution in [3.63, 3.8) is 0 Å². The zero-order valence-electron chi connectivity index (χ0n) is 14.4. The lowest BCUT2D eigenvalue weighted by Crippen LogP contribution is -2.42. The van der Waals surface area contributed by atoms with Gasteiger partial charge in [-0.3, -0.25) is 4.79 Å². The number of hydrogen-bond donors (Lipinski definition) is 0. The van der Waals surface area contributed by atoms with Gasteiger partial charge in [0, 0.05) is 13.1 Å². The summed E-state index contributed by atoms with van der Waals surface area (Å²) >= 11 is 0. The normalized spacial score (nSPS) is 17.0. The van der Waals surface area contributed by atoms with Gasteiger partial charge in [-0.05, 0) is 49.2 Å². The maximum Gasteiger partial charge on any atom is 0.289 e. The number of hydrogen-bond acceptors (Lipinski definition) is 5. The van der Waals surface area contributed by atoms with Gasteiger partial charge in [-0.25, -0.2) is 12.8 Å². The Kier molecular flexibility index (Phi) is 5.31. The molecule has 0 bridgehead atoms.